The zero-order valence-corrected chi connectivity index (χ0v) is 16.7. The van der Waals surface area contributed by atoms with Gasteiger partial charge in [0.15, 0.2) is 0 Å². The summed E-state index contributed by atoms with van der Waals surface area (Å²) in [5, 5.41) is 7.34. The molecule has 1 aliphatic heterocycles. The van der Waals surface area contributed by atoms with Crippen LogP contribution in [0.1, 0.15) is 50.8 Å². The predicted octanol–water partition coefficient (Wildman–Crippen LogP) is 3.61. The molecular weight excluding hydrogens is 338 g/mol. The van der Waals surface area contributed by atoms with Crippen LogP contribution >= 0.6 is 0 Å². The van der Waals surface area contributed by atoms with Crippen molar-refractivity contribution >= 4 is 5.91 Å². The topological polar surface area (TPSA) is 56.2 Å². The largest absolute Gasteiger partial charge is 0.376 e. The Labute approximate surface area is 162 Å². The predicted molar refractivity (Wildman–Crippen MR) is 107 cm³/mol. The molecular formula is C22H31N3O2. The van der Waals surface area contributed by atoms with Gasteiger partial charge in [0.25, 0.3) is 0 Å². The van der Waals surface area contributed by atoms with Crippen molar-refractivity contribution < 1.29 is 9.53 Å². The van der Waals surface area contributed by atoms with E-state index in [0.29, 0.717) is 19.5 Å². The Balaban J connectivity index is 1.58. The third-order valence-electron chi connectivity index (χ3n) is 5.63. The SMILES string of the molecule is Cc1ccnn1CCC(=O)NCCC1(c2ccccc2)CCOC(C)(C)C1. The number of hydrogen-bond donors (Lipinski definition) is 1. The van der Waals surface area contributed by atoms with Gasteiger partial charge in [-0.3, -0.25) is 9.48 Å². The van der Waals surface area contributed by atoms with Gasteiger partial charge in [-0.15, -0.1) is 0 Å². The molecule has 1 atom stereocenters. The minimum absolute atomic E-state index is 0.0505. The number of aromatic nitrogens is 2. The third-order valence-corrected chi connectivity index (χ3v) is 5.63. The molecule has 1 amide bonds. The van der Waals surface area contributed by atoms with Crippen molar-refractivity contribution in [1.82, 2.24) is 15.1 Å². The normalized spacial score (nSPS) is 21.7. The minimum Gasteiger partial charge on any atom is -0.376 e. The zero-order chi connectivity index (χ0) is 19.3. The van der Waals surface area contributed by atoms with Gasteiger partial charge in [0, 0.05) is 43.4 Å². The van der Waals surface area contributed by atoms with Crippen molar-refractivity contribution in [2.24, 2.45) is 0 Å². The summed E-state index contributed by atoms with van der Waals surface area (Å²) in [6.07, 6.45) is 5.10. The highest BCUT2D eigenvalue weighted by molar-refractivity contribution is 5.75. The minimum atomic E-state index is -0.143. The van der Waals surface area contributed by atoms with Crippen molar-refractivity contribution in [2.75, 3.05) is 13.2 Å². The summed E-state index contributed by atoms with van der Waals surface area (Å²) < 4.78 is 7.83. The molecule has 1 N–H and O–H groups in total. The van der Waals surface area contributed by atoms with Crippen LogP contribution in [0, 0.1) is 6.92 Å². The number of carbonyl (C=O) groups excluding carboxylic acids is 1. The standard InChI is InChI=1S/C22H31N3O2/c1-18-9-13-24-25(18)15-10-20(26)23-14-11-22(19-7-5-4-6-8-19)12-16-27-21(2,3)17-22/h4-9,13H,10-12,14-17H2,1-3H3,(H,23,26). The number of benzene rings is 1. The Bertz CT molecular complexity index is 754. The van der Waals surface area contributed by atoms with E-state index in [2.05, 4.69) is 54.6 Å². The Morgan fingerprint density at radius 3 is 2.70 bits per heavy atom. The van der Waals surface area contributed by atoms with Crippen LogP contribution in [0.15, 0.2) is 42.6 Å². The van der Waals surface area contributed by atoms with E-state index in [1.807, 2.05) is 17.7 Å². The number of nitrogens with one attached hydrogen (secondary N) is 1. The molecule has 1 aromatic heterocycles. The first kappa shape index (κ1) is 19.6. The van der Waals surface area contributed by atoms with E-state index >= 15 is 0 Å². The van der Waals surface area contributed by atoms with Crippen LogP contribution in [-0.2, 0) is 21.5 Å². The van der Waals surface area contributed by atoms with Crippen LogP contribution in [0.2, 0.25) is 0 Å². The Morgan fingerprint density at radius 1 is 1.26 bits per heavy atom. The lowest BCUT2D eigenvalue weighted by Gasteiger charge is -2.45. The van der Waals surface area contributed by atoms with Gasteiger partial charge in [-0.05, 0) is 51.7 Å². The number of nitrogens with zero attached hydrogens (tertiary/aromatic N) is 2. The molecule has 0 saturated carbocycles. The molecule has 5 heteroatoms. The van der Waals surface area contributed by atoms with E-state index in [4.69, 9.17) is 4.74 Å². The van der Waals surface area contributed by atoms with Crippen molar-refractivity contribution in [1.29, 1.82) is 0 Å². The molecule has 0 radical (unpaired) electrons. The number of amides is 1. The highest BCUT2D eigenvalue weighted by atomic mass is 16.5. The molecule has 1 aliphatic rings. The second kappa shape index (κ2) is 8.26. The molecule has 27 heavy (non-hydrogen) atoms. The molecule has 0 aliphatic carbocycles. The van der Waals surface area contributed by atoms with Crippen LogP contribution in [0.25, 0.3) is 0 Å². The van der Waals surface area contributed by atoms with Gasteiger partial charge in [0.05, 0.1) is 5.60 Å². The van der Waals surface area contributed by atoms with Crippen molar-refractivity contribution in [3.05, 3.63) is 53.9 Å². The van der Waals surface area contributed by atoms with Crippen molar-refractivity contribution in [3.63, 3.8) is 0 Å². The summed E-state index contributed by atoms with van der Waals surface area (Å²) in [5.41, 5.74) is 2.34. The second-order valence-corrected chi connectivity index (χ2v) is 8.23. The highest BCUT2D eigenvalue weighted by Crippen LogP contribution is 2.43. The third kappa shape index (κ3) is 4.98. The quantitative estimate of drug-likeness (QED) is 0.811. The summed E-state index contributed by atoms with van der Waals surface area (Å²) in [7, 11) is 0. The van der Waals surface area contributed by atoms with Gasteiger partial charge in [-0.2, -0.15) is 5.10 Å². The highest BCUT2D eigenvalue weighted by Gasteiger charge is 2.41. The van der Waals surface area contributed by atoms with Crippen molar-refractivity contribution in [2.45, 2.75) is 64.0 Å². The maximum absolute atomic E-state index is 12.3. The smallest absolute Gasteiger partial charge is 0.221 e. The van der Waals surface area contributed by atoms with Gasteiger partial charge in [0.2, 0.25) is 5.91 Å². The number of aryl methyl sites for hydroxylation is 2. The lowest BCUT2D eigenvalue weighted by atomic mass is 9.67. The van der Waals surface area contributed by atoms with Crippen LogP contribution in [0.4, 0.5) is 0 Å². The summed E-state index contributed by atoms with van der Waals surface area (Å²) >= 11 is 0. The van der Waals surface area contributed by atoms with Gasteiger partial charge in [0.1, 0.15) is 0 Å². The molecule has 2 aromatic rings. The monoisotopic (exact) mass is 369 g/mol. The average Bonchev–Trinajstić information content (AvgIpc) is 3.05. The Kier molecular flexibility index (Phi) is 6.00. The Morgan fingerprint density at radius 2 is 2.04 bits per heavy atom. The van der Waals surface area contributed by atoms with E-state index in [1.165, 1.54) is 5.56 Å². The molecule has 1 fully saturated rings. The van der Waals surface area contributed by atoms with Crippen LogP contribution in [0.3, 0.4) is 0 Å². The lowest BCUT2D eigenvalue weighted by Crippen LogP contribution is -2.45. The van der Waals surface area contributed by atoms with Crippen LogP contribution in [0.5, 0.6) is 0 Å². The zero-order valence-electron chi connectivity index (χ0n) is 16.7. The fourth-order valence-corrected chi connectivity index (χ4v) is 4.24. The lowest BCUT2D eigenvalue weighted by molar-refractivity contribution is -0.121. The molecule has 1 aromatic carbocycles. The fourth-order valence-electron chi connectivity index (χ4n) is 4.24. The summed E-state index contributed by atoms with van der Waals surface area (Å²) in [6.45, 7) is 8.39. The first-order valence-electron chi connectivity index (χ1n) is 9.85. The summed E-state index contributed by atoms with van der Waals surface area (Å²) in [5.74, 6) is 0.0828. The fraction of sp³-hybridized carbons (Fsp3) is 0.545. The van der Waals surface area contributed by atoms with Gasteiger partial charge >= 0.3 is 0 Å². The van der Waals surface area contributed by atoms with E-state index in [9.17, 15) is 4.79 Å². The van der Waals surface area contributed by atoms with Gasteiger partial charge in [-0.25, -0.2) is 0 Å². The van der Waals surface area contributed by atoms with Crippen LogP contribution in [-0.4, -0.2) is 34.4 Å². The molecule has 146 valence electrons. The molecule has 0 spiro atoms. The maximum atomic E-state index is 12.3. The van der Waals surface area contributed by atoms with Gasteiger partial charge < -0.3 is 10.1 Å². The number of carbonyl (C=O) groups is 1. The average molecular weight is 370 g/mol. The summed E-state index contributed by atoms with van der Waals surface area (Å²) in [6, 6.07) is 12.6. The Hall–Kier alpha value is -2.14. The number of rotatable bonds is 7. The molecule has 1 saturated heterocycles. The second-order valence-electron chi connectivity index (χ2n) is 8.23. The molecule has 5 nitrogen and oxygen atoms in total. The maximum Gasteiger partial charge on any atom is 0.221 e. The first-order valence-corrected chi connectivity index (χ1v) is 9.85. The molecule has 3 rings (SSSR count). The summed E-state index contributed by atoms with van der Waals surface area (Å²) in [4.78, 5) is 12.3. The molecule has 0 bridgehead atoms. The van der Waals surface area contributed by atoms with E-state index in [0.717, 1.165) is 31.6 Å². The van der Waals surface area contributed by atoms with Gasteiger partial charge in [-0.1, -0.05) is 30.3 Å². The molecule has 1 unspecified atom stereocenters. The number of ether oxygens (including phenoxy) is 1. The van der Waals surface area contributed by atoms with E-state index < -0.39 is 0 Å². The number of hydrogen-bond acceptors (Lipinski definition) is 3. The first-order chi connectivity index (χ1) is 12.9. The van der Waals surface area contributed by atoms with Crippen LogP contribution < -0.4 is 5.32 Å². The van der Waals surface area contributed by atoms with Crippen molar-refractivity contribution in [3.8, 4) is 0 Å². The van der Waals surface area contributed by atoms with E-state index in [-0.39, 0.29) is 16.9 Å². The van der Waals surface area contributed by atoms with E-state index in [1.54, 1.807) is 6.20 Å². The molecule has 2 heterocycles.